The van der Waals surface area contributed by atoms with Gasteiger partial charge in [-0.15, -0.1) is 0 Å². The molecule has 0 radical (unpaired) electrons. The molecule has 1 aromatic rings. The van der Waals surface area contributed by atoms with E-state index in [-0.39, 0.29) is 6.61 Å². The Morgan fingerprint density at radius 1 is 1.08 bits per heavy atom. The van der Waals surface area contributed by atoms with E-state index in [0.717, 1.165) is 6.42 Å². The molecular weight excluding hydrogens is 160 g/mol. The van der Waals surface area contributed by atoms with Crippen molar-refractivity contribution in [3.8, 4) is 0 Å². The summed E-state index contributed by atoms with van der Waals surface area (Å²) < 4.78 is 0. The standard InChI is InChI=1S/C12H16O/c13-8-7-10-5-6-11-3-1-2-4-12(11)9-10/h5-6,9,13H,1-4,7-8H2. The van der Waals surface area contributed by atoms with Crippen molar-refractivity contribution < 1.29 is 5.11 Å². The fraction of sp³-hybridized carbons (Fsp3) is 0.500. The van der Waals surface area contributed by atoms with Crippen LogP contribution in [0.4, 0.5) is 0 Å². The molecule has 1 heteroatoms. The first kappa shape index (κ1) is 8.76. The van der Waals surface area contributed by atoms with E-state index in [4.69, 9.17) is 5.11 Å². The van der Waals surface area contributed by atoms with Gasteiger partial charge in [0, 0.05) is 6.61 Å². The summed E-state index contributed by atoms with van der Waals surface area (Å²) in [5, 5.41) is 8.82. The lowest BCUT2D eigenvalue weighted by Crippen LogP contribution is -2.03. The Kier molecular flexibility index (Phi) is 2.65. The molecule has 0 amide bonds. The molecule has 0 fully saturated rings. The van der Waals surface area contributed by atoms with Gasteiger partial charge in [0.25, 0.3) is 0 Å². The van der Waals surface area contributed by atoms with Crippen LogP contribution in [0, 0.1) is 0 Å². The molecule has 1 aliphatic carbocycles. The smallest absolute Gasteiger partial charge is 0.0471 e. The van der Waals surface area contributed by atoms with Crippen molar-refractivity contribution in [2.24, 2.45) is 0 Å². The highest BCUT2D eigenvalue weighted by Crippen LogP contribution is 2.22. The second-order valence-corrected chi connectivity index (χ2v) is 3.78. The third kappa shape index (κ3) is 1.92. The molecule has 1 aromatic carbocycles. The predicted molar refractivity (Wildman–Crippen MR) is 53.9 cm³/mol. The topological polar surface area (TPSA) is 20.2 Å². The van der Waals surface area contributed by atoms with Gasteiger partial charge >= 0.3 is 0 Å². The van der Waals surface area contributed by atoms with Crippen molar-refractivity contribution in [3.63, 3.8) is 0 Å². The molecule has 13 heavy (non-hydrogen) atoms. The van der Waals surface area contributed by atoms with Crippen molar-refractivity contribution in [2.45, 2.75) is 32.1 Å². The van der Waals surface area contributed by atoms with Gasteiger partial charge in [0.2, 0.25) is 0 Å². The number of benzene rings is 1. The minimum Gasteiger partial charge on any atom is -0.396 e. The summed E-state index contributed by atoms with van der Waals surface area (Å²) in [5.74, 6) is 0. The Morgan fingerprint density at radius 2 is 1.85 bits per heavy atom. The second-order valence-electron chi connectivity index (χ2n) is 3.78. The van der Waals surface area contributed by atoms with Gasteiger partial charge in [0.1, 0.15) is 0 Å². The lowest BCUT2D eigenvalue weighted by molar-refractivity contribution is 0.299. The molecule has 1 N–H and O–H groups in total. The maximum Gasteiger partial charge on any atom is 0.0471 e. The van der Waals surface area contributed by atoms with E-state index in [1.54, 1.807) is 0 Å². The SMILES string of the molecule is OCCc1ccc2c(c1)CCCC2. The van der Waals surface area contributed by atoms with E-state index in [1.165, 1.54) is 42.4 Å². The largest absolute Gasteiger partial charge is 0.396 e. The monoisotopic (exact) mass is 176 g/mol. The van der Waals surface area contributed by atoms with Crippen molar-refractivity contribution in [1.82, 2.24) is 0 Å². The summed E-state index contributed by atoms with van der Waals surface area (Å²) in [7, 11) is 0. The van der Waals surface area contributed by atoms with E-state index in [9.17, 15) is 0 Å². The van der Waals surface area contributed by atoms with Crippen molar-refractivity contribution >= 4 is 0 Å². The lowest BCUT2D eigenvalue weighted by Gasteiger charge is -2.16. The molecule has 0 heterocycles. The maximum atomic E-state index is 8.82. The third-order valence-corrected chi connectivity index (χ3v) is 2.81. The van der Waals surface area contributed by atoms with E-state index in [2.05, 4.69) is 18.2 Å². The number of aliphatic hydroxyl groups excluding tert-OH is 1. The van der Waals surface area contributed by atoms with Gasteiger partial charge in [0.15, 0.2) is 0 Å². The summed E-state index contributed by atoms with van der Waals surface area (Å²) in [5.41, 5.74) is 4.31. The summed E-state index contributed by atoms with van der Waals surface area (Å²) in [4.78, 5) is 0. The second kappa shape index (κ2) is 3.93. The Labute approximate surface area is 79.4 Å². The highest BCUT2D eigenvalue weighted by molar-refractivity contribution is 5.33. The summed E-state index contributed by atoms with van der Waals surface area (Å²) >= 11 is 0. The van der Waals surface area contributed by atoms with Crippen molar-refractivity contribution in [1.29, 1.82) is 0 Å². The van der Waals surface area contributed by atoms with Gasteiger partial charge < -0.3 is 5.11 Å². The Morgan fingerprint density at radius 3 is 2.62 bits per heavy atom. The van der Waals surface area contributed by atoms with Crippen molar-refractivity contribution in [2.75, 3.05) is 6.61 Å². The Bertz CT molecular complexity index is 291. The average Bonchev–Trinajstić information content (AvgIpc) is 2.18. The van der Waals surface area contributed by atoms with Crippen LogP contribution < -0.4 is 0 Å². The molecule has 0 saturated heterocycles. The maximum absolute atomic E-state index is 8.82. The quantitative estimate of drug-likeness (QED) is 0.731. The van der Waals surface area contributed by atoms with Crippen LogP contribution >= 0.6 is 0 Å². The normalized spacial score (nSPS) is 15.5. The minimum atomic E-state index is 0.263. The molecule has 0 unspecified atom stereocenters. The first-order valence-corrected chi connectivity index (χ1v) is 5.11. The molecule has 2 rings (SSSR count). The predicted octanol–water partition coefficient (Wildman–Crippen LogP) is 2.10. The number of aliphatic hydroxyl groups is 1. The number of hydrogen-bond donors (Lipinski definition) is 1. The fourth-order valence-electron chi connectivity index (χ4n) is 2.07. The Hall–Kier alpha value is -0.820. The van der Waals surface area contributed by atoms with Crippen LogP contribution in [0.25, 0.3) is 0 Å². The fourth-order valence-corrected chi connectivity index (χ4v) is 2.07. The highest BCUT2D eigenvalue weighted by Gasteiger charge is 2.08. The van der Waals surface area contributed by atoms with Gasteiger partial charge in [-0.25, -0.2) is 0 Å². The van der Waals surface area contributed by atoms with E-state index in [1.807, 2.05) is 0 Å². The molecule has 70 valence electrons. The molecule has 0 saturated carbocycles. The molecule has 0 spiro atoms. The summed E-state index contributed by atoms with van der Waals surface area (Å²) in [6, 6.07) is 6.66. The molecule has 0 bridgehead atoms. The van der Waals surface area contributed by atoms with Crippen LogP contribution in [0.2, 0.25) is 0 Å². The zero-order valence-electron chi connectivity index (χ0n) is 7.92. The van der Waals surface area contributed by atoms with E-state index < -0.39 is 0 Å². The first-order valence-electron chi connectivity index (χ1n) is 5.11. The van der Waals surface area contributed by atoms with Gasteiger partial charge in [0.05, 0.1) is 0 Å². The number of fused-ring (bicyclic) bond motifs is 1. The molecule has 0 atom stereocenters. The Balaban J connectivity index is 2.24. The number of hydrogen-bond acceptors (Lipinski definition) is 1. The van der Waals surface area contributed by atoms with Gasteiger partial charge in [-0.05, 0) is 48.8 Å². The molecule has 0 aromatic heterocycles. The zero-order valence-corrected chi connectivity index (χ0v) is 7.92. The van der Waals surface area contributed by atoms with Crippen molar-refractivity contribution in [3.05, 3.63) is 34.9 Å². The average molecular weight is 176 g/mol. The minimum absolute atomic E-state index is 0.263. The van der Waals surface area contributed by atoms with Gasteiger partial charge in [-0.2, -0.15) is 0 Å². The molecule has 1 aliphatic rings. The number of aryl methyl sites for hydroxylation is 2. The van der Waals surface area contributed by atoms with Crippen LogP contribution in [0.15, 0.2) is 18.2 Å². The van der Waals surface area contributed by atoms with Gasteiger partial charge in [-0.1, -0.05) is 18.2 Å². The molecular formula is C12H16O. The van der Waals surface area contributed by atoms with Crippen LogP contribution in [0.5, 0.6) is 0 Å². The first-order chi connectivity index (χ1) is 6.40. The summed E-state index contributed by atoms with van der Waals surface area (Å²) in [6.45, 7) is 0.263. The molecule has 0 aliphatic heterocycles. The zero-order chi connectivity index (χ0) is 9.10. The van der Waals surface area contributed by atoms with E-state index in [0.29, 0.717) is 0 Å². The highest BCUT2D eigenvalue weighted by atomic mass is 16.2. The van der Waals surface area contributed by atoms with Gasteiger partial charge in [-0.3, -0.25) is 0 Å². The van der Waals surface area contributed by atoms with Crippen LogP contribution in [-0.4, -0.2) is 11.7 Å². The number of rotatable bonds is 2. The van der Waals surface area contributed by atoms with Crippen LogP contribution in [0.3, 0.4) is 0 Å². The third-order valence-electron chi connectivity index (χ3n) is 2.81. The van der Waals surface area contributed by atoms with E-state index >= 15 is 0 Å². The lowest BCUT2D eigenvalue weighted by atomic mass is 9.90. The summed E-state index contributed by atoms with van der Waals surface area (Å²) in [6.07, 6.45) is 5.94. The van der Waals surface area contributed by atoms with Crippen LogP contribution in [-0.2, 0) is 19.3 Å². The molecule has 1 nitrogen and oxygen atoms in total. The van der Waals surface area contributed by atoms with Crippen LogP contribution in [0.1, 0.15) is 29.5 Å².